The number of rotatable bonds is 6. The fourth-order valence-electron chi connectivity index (χ4n) is 4.80. The molecule has 14 heteroatoms. The van der Waals surface area contributed by atoms with Gasteiger partial charge in [0.05, 0.1) is 14.1 Å². The van der Waals surface area contributed by atoms with Crippen molar-refractivity contribution in [3.63, 3.8) is 0 Å². The SMILES string of the molecule is N=P(c1ccccc1)(c1ccccc1)c1ccccc1.N=P(c1ccccc1)(c1ccccc1)c1ccccc1.O=C(O)C(F)(F)F.O=C(O)C(F)(F)F. The molecule has 0 fully saturated rings. The van der Waals surface area contributed by atoms with E-state index in [-0.39, 0.29) is 0 Å². The molecule has 0 aliphatic carbocycles. The Morgan fingerprint density at radius 2 is 0.463 bits per heavy atom. The Morgan fingerprint density at radius 3 is 0.556 bits per heavy atom. The van der Waals surface area contributed by atoms with E-state index >= 15 is 0 Å². The van der Waals surface area contributed by atoms with Crippen molar-refractivity contribution in [1.29, 1.82) is 10.3 Å². The molecule has 4 N–H and O–H groups in total. The minimum absolute atomic E-state index is 1.09. The first-order valence-corrected chi connectivity index (χ1v) is 19.3. The molecule has 0 aliphatic rings. The molecule has 0 amide bonds. The van der Waals surface area contributed by atoms with Crippen LogP contribution in [0.3, 0.4) is 0 Å². The zero-order valence-electron chi connectivity index (χ0n) is 28.2. The maximum atomic E-state index is 10.6. The van der Waals surface area contributed by atoms with Crippen molar-refractivity contribution < 1.29 is 46.1 Å². The summed E-state index contributed by atoms with van der Waals surface area (Å²) in [7, 11) is -4.55. The normalized spacial score (nSPS) is 11.2. The van der Waals surface area contributed by atoms with E-state index in [4.69, 9.17) is 19.8 Å². The van der Waals surface area contributed by atoms with Crippen LogP contribution in [0.2, 0.25) is 0 Å². The Labute approximate surface area is 308 Å². The number of benzene rings is 6. The number of alkyl halides is 6. The van der Waals surface area contributed by atoms with Gasteiger partial charge in [-0.3, -0.25) is 0 Å². The fourth-order valence-corrected chi connectivity index (χ4v) is 10.3. The third-order valence-electron chi connectivity index (χ3n) is 7.35. The number of hydrogen-bond acceptors (Lipinski definition) is 4. The van der Waals surface area contributed by atoms with Gasteiger partial charge in [0.15, 0.2) is 0 Å². The molecule has 0 saturated carbocycles. The standard InChI is InChI=1S/2C18H16NP.2C2HF3O2/c2*19-20(16-10-4-1-5-11-16,17-12-6-2-7-13-17)18-14-8-3-9-15-18;2*3-2(4,5)1(6)7/h2*1-15,19H;2*(H,6,7). The Morgan fingerprint density at radius 1 is 0.352 bits per heavy atom. The van der Waals surface area contributed by atoms with Crippen LogP contribution in [0, 0.1) is 10.3 Å². The monoisotopic (exact) mass is 782 g/mol. The molecule has 0 aromatic heterocycles. The van der Waals surface area contributed by atoms with E-state index in [2.05, 4.69) is 72.8 Å². The summed E-state index contributed by atoms with van der Waals surface area (Å²) in [6.45, 7) is 0. The largest absolute Gasteiger partial charge is 0.490 e. The van der Waals surface area contributed by atoms with Crippen LogP contribution < -0.4 is 31.8 Å². The summed E-state index contributed by atoms with van der Waals surface area (Å²) in [5.41, 5.74) is 0. The minimum Gasteiger partial charge on any atom is -0.475 e. The Bertz CT molecular complexity index is 1780. The molecular weight excluding hydrogens is 748 g/mol. The third-order valence-corrected chi connectivity index (χ3v) is 13.8. The van der Waals surface area contributed by atoms with Gasteiger partial charge in [-0.1, -0.05) is 182 Å². The van der Waals surface area contributed by atoms with Crippen LogP contribution in [0.4, 0.5) is 26.3 Å². The summed E-state index contributed by atoms with van der Waals surface area (Å²) < 4.78 is 63.5. The van der Waals surface area contributed by atoms with E-state index in [1.807, 2.05) is 109 Å². The molecule has 0 bridgehead atoms. The molecule has 0 spiro atoms. The number of nitrogens with one attached hydrogen (secondary N) is 2. The highest BCUT2D eigenvalue weighted by atomic mass is 31.2. The second-order valence-corrected chi connectivity index (χ2v) is 16.7. The molecule has 6 nitrogen and oxygen atoms in total. The van der Waals surface area contributed by atoms with Gasteiger partial charge in [-0.05, 0) is 31.8 Å². The van der Waals surface area contributed by atoms with Crippen molar-refractivity contribution in [2.45, 2.75) is 12.4 Å². The maximum Gasteiger partial charge on any atom is 0.490 e. The van der Waals surface area contributed by atoms with Crippen LogP contribution in [0.5, 0.6) is 0 Å². The van der Waals surface area contributed by atoms with E-state index in [0.29, 0.717) is 0 Å². The lowest BCUT2D eigenvalue weighted by atomic mass is 10.4. The number of hydrogen-bond donors (Lipinski definition) is 4. The van der Waals surface area contributed by atoms with Gasteiger partial charge in [0, 0.05) is 0 Å². The molecule has 0 unspecified atom stereocenters. The van der Waals surface area contributed by atoms with Gasteiger partial charge in [-0.25, -0.2) is 9.59 Å². The lowest BCUT2D eigenvalue weighted by Crippen LogP contribution is -2.24. The van der Waals surface area contributed by atoms with Crippen molar-refractivity contribution in [3.8, 4) is 0 Å². The van der Waals surface area contributed by atoms with Gasteiger partial charge in [0.2, 0.25) is 0 Å². The zero-order chi connectivity index (χ0) is 39.8. The second-order valence-electron chi connectivity index (χ2n) is 11.0. The molecule has 0 saturated heterocycles. The van der Waals surface area contributed by atoms with Crippen LogP contribution in [0.1, 0.15) is 0 Å². The maximum absolute atomic E-state index is 10.6. The smallest absolute Gasteiger partial charge is 0.475 e. The number of carbonyl (C=O) groups is 2. The number of carboxylic acids is 2. The van der Waals surface area contributed by atoms with Gasteiger partial charge >= 0.3 is 24.3 Å². The summed E-state index contributed by atoms with van der Waals surface area (Å²) >= 11 is 0. The molecule has 280 valence electrons. The fraction of sp³-hybridized carbons (Fsp3) is 0.0500. The number of aliphatic carboxylic acids is 2. The quantitative estimate of drug-likeness (QED) is 0.0998. The van der Waals surface area contributed by atoms with E-state index < -0.39 is 38.4 Å². The topological polar surface area (TPSA) is 122 Å². The van der Waals surface area contributed by atoms with Crippen molar-refractivity contribution in [1.82, 2.24) is 0 Å². The molecule has 0 atom stereocenters. The summed E-state index contributed by atoms with van der Waals surface area (Å²) in [6.07, 6.45) is -10.2. The van der Waals surface area contributed by atoms with E-state index in [9.17, 15) is 36.7 Å². The van der Waals surface area contributed by atoms with E-state index in [1.54, 1.807) is 0 Å². The van der Waals surface area contributed by atoms with Gasteiger partial charge in [-0.2, -0.15) is 26.3 Å². The van der Waals surface area contributed by atoms with E-state index in [0.717, 1.165) is 31.8 Å². The molecule has 6 aromatic rings. The van der Waals surface area contributed by atoms with Crippen molar-refractivity contribution in [3.05, 3.63) is 182 Å². The van der Waals surface area contributed by atoms with Crippen molar-refractivity contribution in [2.24, 2.45) is 0 Å². The highest BCUT2D eigenvalue weighted by Crippen LogP contribution is 2.43. The molecule has 6 rings (SSSR count). The summed E-state index contributed by atoms with van der Waals surface area (Å²) in [5.74, 6) is -5.51. The van der Waals surface area contributed by atoms with E-state index in [1.165, 1.54) is 0 Å². The highest BCUT2D eigenvalue weighted by Gasteiger charge is 2.39. The van der Waals surface area contributed by atoms with Crippen LogP contribution in [-0.4, -0.2) is 34.5 Å². The molecule has 6 aromatic carbocycles. The first-order valence-electron chi connectivity index (χ1n) is 15.7. The predicted molar refractivity (Wildman–Crippen MR) is 203 cm³/mol. The molecular formula is C40H34F6N2O4P2. The zero-order valence-corrected chi connectivity index (χ0v) is 30.0. The second kappa shape index (κ2) is 19.4. The molecule has 0 aliphatic heterocycles. The molecule has 54 heavy (non-hydrogen) atoms. The average molecular weight is 783 g/mol. The van der Waals surface area contributed by atoms with Gasteiger partial charge < -0.3 is 20.5 Å². The van der Waals surface area contributed by atoms with Crippen LogP contribution in [0.25, 0.3) is 0 Å². The minimum atomic E-state index is -5.08. The first-order chi connectivity index (χ1) is 25.5. The Kier molecular flexibility index (Phi) is 15.3. The number of halogens is 6. The summed E-state index contributed by atoms with van der Waals surface area (Å²) in [6, 6.07) is 61.1. The van der Waals surface area contributed by atoms with Gasteiger partial charge in [0.25, 0.3) is 0 Å². The highest BCUT2D eigenvalue weighted by molar-refractivity contribution is 7.86. The lowest BCUT2D eigenvalue weighted by molar-refractivity contribution is -0.193. The first kappa shape index (κ1) is 42.7. The third kappa shape index (κ3) is 11.7. The van der Waals surface area contributed by atoms with Gasteiger partial charge in [-0.15, -0.1) is 0 Å². The Balaban J connectivity index is 0.000000217. The predicted octanol–water partition coefficient (Wildman–Crippen LogP) is 8.75. The Hall–Kier alpha value is -5.70. The molecule has 0 radical (unpaired) electrons. The van der Waals surface area contributed by atoms with Crippen LogP contribution in [0.15, 0.2) is 182 Å². The average Bonchev–Trinajstić information content (AvgIpc) is 3.19. The van der Waals surface area contributed by atoms with Crippen molar-refractivity contribution >= 4 is 57.9 Å². The van der Waals surface area contributed by atoms with Gasteiger partial charge in [0.1, 0.15) is 0 Å². The van der Waals surface area contributed by atoms with Crippen LogP contribution >= 0.6 is 14.1 Å². The van der Waals surface area contributed by atoms with Crippen molar-refractivity contribution in [2.75, 3.05) is 0 Å². The number of carboxylic acid groups (broad SMARTS) is 2. The summed E-state index contributed by atoms with van der Waals surface area (Å²) in [5, 5.41) is 39.3. The molecule has 0 heterocycles. The summed E-state index contributed by atoms with van der Waals surface area (Å²) in [4.78, 5) is 17.8. The lowest BCUT2D eigenvalue weighted by Gasteiger charge is -2.24. The van der Waals surface area contributed by atoms with Crippen LogP contribution in [-0.2, 0) is 9.59 Å².